The molecule has 0 bridgehead atoms. The maximum absolute atomic E-state index is 11.7. The summed E-state index contributed by atoms with van der Waals surface area (Å²) in [6.07, 6.45) is 1.21. The van der Waals surface area contributed by atoms with Gasteiger partial charge in [0, 0.05) is 6.42 Å². The monoisotopic (exact) mass is 248 g/mol. The molecule has 0 aliphatic rings. The first kappa shape index (κ1) is 14.2. The molecule has 1 rings (SSSR count). The van der Waals surface area contributed by atoms with Gasteiger partial charge in [-0.25, -0.2) is 0 Å². The molecule has 1 aromatic rings. The van der Waals surface area contributed by atoms with Crippen LogP contribution in [0.3, 0.4) is 0 Å². The quantitative estimate of drug-likeness (QED) is 0.805. The molecule has 4 heteroatoms. The molecule has 1 unspecified atom stereocenters. The lowest BCUT2D eigenvalue weighted by Gasteiger charge is -2.16. The zero-order valence-corrected chi connectivity index (χ0v) is 10.8. The highest BCUT2D eigenvalue weighted by Crippen LogP contribution is 2.13. The van der Waals surface area contributed by atoms with Gasteiger partial charge < -0.3 is 11.1 Å². The van der Waals surface area contributed by atoms with Crippen LogP contribution in [0.4, 0.5) is 0 Å². The Balaban J connectivity index is 2.65. The summed E-state index contributed by atoms with van der Waals surface area (Å²) in [5.74, 6) is -0.227. The van der Waals surface area contributed by atoms with Gasteiger partial charge in [0.1, 0.15) is 6.04 Å². The Kier molecular flexibility index (Phi) is 5.36. The van der Waals surface area contributed by atoms with Gasteiger partial charge in [-0.2, -0.15) is 0 Å². The highest BCUT2D eigenvalue weighted by Gasteiger charge is 2.19. The SMILES string of the molecule is CC(C)CCC(=O)NC(C(N)=O)c1ccccc1. The van der Waals surface area contributed by atoms with Gasteiger partial charge in [-0.15, -0.1) is 0 Å². The summed E-state index contributed by atoms with van der Waals surface area (Å²) in [5, 5.41) is 2.67. The zero-order valence-electron chi connectivity index (χ0n) is 10.8. The molecular formula is C14H20N2O2. The number of nitrogens with two attached hydrogens (primary N) is 1. The van der Waals surface area contributed by atoms with Crippen molar-refractivity contribution in [2.24, 2.45) is 11.7 Å². The summed E-state index contributed by atoms with van der Waals surface area (Å²) < 4.78 is 0. The fourth-order valence-corrected chi connectivity index (χ4v) is 1.62. The predicted octanol–water partition coefficient (Wildman–Crippen LogP) is 1.77. The fraction of sp³-hybridized carbons (Fsp3) is 0.429. The third-order valence-electron chi connectivity index (χ3n) is 2.67. The summed E-state index contributed by atoms with van der Waals surface area (Å²) in [7, 11) is 0. The van der Waals surface area contributed by atoms with Crippen molar-refractivity contribution in [3.05, 3.63) is 35.9 Å². The molecule has 0 radical (unpaired) electrons. The second-order valence-electron chi connectivity index (χ2n) is 4.75. The normalized spacial score (nSPS) is 12.2. The number of hydrogen-bond donors (Lipinski definition) is 2. The molecule has 0 aliphatic carbocycles. The molecule has 0 fully saturated rings. The maximum atomic E-state index is 11.7. The molecule has 0 heterocycles. The maximum Gasteiger partial charge on any atom is 0.244 e. The van der Waals surface area contributed by atoms with Gasteiger partial charge >= 0.3 is 0 Å². The number of primary amides is 1. The molecule has 0 saturated carbocycles. The van der Waals surface area contributed by atoms with E-state index in [-0.39, 0.29) is 5.91 Å². The third-order valence-corrected chi connectivity index (χ3v) is 2.67. The Morgan fingerprint density at radius 3 is 2.33 bits per heavy atom. The number of carbonyl (C=O) groups excluding carboxylic acids is 2. The first-order chi connectivity index (χ1) is 8.50. The lowest BCUT2D eigenvalue weighted by Crippen LogP contribution is -2.37. The highest BCUT2D eigenvalue weighted by molar-refractivity contribution is 5.87. The zero-order chi connectivity index (χ0) is 13.5. The topological polar surface area (TPSA) is 72.2 Å². The number of nitrogens with one attached hydrogen (secondary N) is 1. The number of hydrogen-bond acceptors (Lipinski definition) is 2. The second-order valence-corrected chi connectivity index (χ2v) is 4.75. The van der Waals surface area contributed by atoms with Gasteiger partial charge in [0.15, 0.2) is 0 Å². The Bertz CT molecular complexity index is 402. The lowest BCUT2D eigenvalue weighted by molar-refractivity contribution is -0.127. The van der Waals surface area contributed by atoms with Crippen LogP contribution in [0.25, 0.3) is 0 Å². The Labute approximate surface area is 108 Å². The van der Waals surface area contributed by atoms with Crippen molar-refractivity contribution < 1.29 is 9.59 Å². The molecule has 1 aromatic carbocycles. The molecule has 0 saturated heterocycles. The predicted molar refractivity (Wildman–Crippen MR) is 70.6 cm³/mol. The minimum absolute atomic E-state index is 0.142. The van der Waals surface area contributed by atoms with E-state index in [9.17, 15) is 9.59 Å². The number of amides is 2. The summed E-state index contributed by atoms with van der Waals surface area (Å²) in [4.78, 5) is 23.1. The molecule has 0 spiro atoms. The first-order valence-electron chi connectivity index (χ1n) is 6.14. The van der Waals surface area contributed by atoms with Gasteiger partial charge in [0.05, 0.1) is 0 Å². The molecule has 3 N–H and O–H groups in total. The average molecular weight is 248 g/mol. The van der Waals surface area contributed by atoms with Gasteiger partial charge in [-0.1, -0.05) is 44.2 Å². The van der Waals surface area contributed by atoms with E-state index in [1.807, 2.05) is 18.2 Å². The summed E-state index contributed by atoms with van der Waals surface area (Å²) in [6, 6.07) is 8.28. The molecule has 0 aliphatic heterocycles. The van der Waals surface area contributed by atoms with E-state index in [4.69, 9.17) is 5.73 Å². The first-order valence-corrected chi connectivity index (χ1v) is 6.14. The van der Waals surface area contributed by atoms with Crippen molar-refractivity contribution in [2.45, 2.75) is 32.7 Å². The second kappa shape index (κ2) is 6.79. The van der Waals surface area contributed by atoms with E-state index in [0.29, 0.717) is 17.9 Å². The third kappa shape index (κ3) is 4.57. The van der Waals surface area contributed by atoms with Crippen molar-refractivity contribution in [3.8, 4) is 0 Å². The van der Waals surface area contributed by atoms with E-state index in [1.54, 1.807) is 12.1 Å². The van der Waals surface area contributed by atoms with Crippen LogP contribution in [0.2, 0.25) is 0 Å². The lowest BCUT2D eigenvalue weighted by atomic mass is 10.0. The van der Waals surface area contributed by atoms with Crippen LogP contribution in [-0.4, -0.2) is 11.8 Å². The fourth-order valence-electron chi connectivity index (χ4n) is 1.62. The van der Waals surface area contributed by atoms with E-state index < -0.39 is 11.9 Å². The van der Waals surface area contributed by atoms with Gasteiger partial charge in [-0.3, -0.25) is 9.59 Å². The molecule has 18 heavy (non-hydrogen) atoms. The van der Waals surface area contributed by atoms with Crippen LogP contribution in [-0.2, 0) is 9.59 Å². The van der Waals surface area contributed by atoms with Crippen LogP contribution in [0.1, 0.15) is 38.3 Å². The largest absolute Gasteiger partial charge is 0.368 e. The van der Waals surface area contributed by atoms with Gasteiger partial charge in [0.25, 0.3) is 0 Å². The van der Waals surface area contributed by atoms with E-state index in [1.165, 1.54) is 0 Å². The summed E-state index contributed by atoms with van der Waals surface area (Å²) >= 11 is 0. The molecule has 2 amide bonds. The molecule has 4 nitrogen and oxygen atoms in total. The molecular weight excluding hydrogens is 228 g/mol. The molecule has 1 atom stereocenters. The minimum atomic E-state index is -0.745. The van der Waals surface area contributed by atoms with Crippen molar-refractivity contribution in [1.82, 2.24) is 5.32 Å². The van der Waals surface area contributed by atoms with Crippen LogP contribution in [0, 0.1) is 5.92 Å². The number of benzene rings is 1. The number of rotatable bonds is 6. The van der Waals surface area contributed by atoms with E-state index >= 15 is 0 Å². The van der Waals surface area contributed by atoms with Crippen molar-refractivity contribution in [2.75, 3.05) is 0 Å². The van der Waals surface area contributed by atoms with Crippen LogP contribution >= 0.6 is 0 Å². The summed E-state index contributed by atoms with van der Waals surface area (Å²) in [5.41, 5.74) is 6.03. The minimum Gasteiger partial charge on any atom is -0.368 e. The Hall–Kier alpha value is -1.84. The van der Waals surface area contributed by atoms with Crippen LogP contribution < -0.4 is 11.1 Å². The standard InChI is InChI=1S/C14H20N2O2/c1-10(2)8-9-12(17)16-13(14(15)18)11-6-4-3-5-7-11/h3-7,10,13H,8-9H2,1-2H3,(H2,15,18)(H,16,17). The van der Waals surface area contributed by atoms with Crippen LogP contribution in [0.15, 0.2) is 30.3 Å². The highest BCUT2D eigenvalue weighted by atomic mass is 16.2. The van der Waals surface area contributed by atoms with Crippen molar-refractivity contribution in [3.63, 3.8) is 0 Å². The van der Waals surface area contributed by atoms with Crippen molar-refractivity contribution in [1.29, 1.82) is 0 Å². The molecule has 98 valence electrons. The Morgan fingerprint density at radius 1 is 1.22 bits per heavy atom. The Morgan fingerprint density at radius 2 is 1.83 bits per heavy atom. The van der Waals surface area contributed by atoms with E-state index in [2.05, 4.69) is 19.2 Å². The number of carbonyl (C=O) groups is 2. The smallest absolute Gasteiger partial charge is 0.244 e. The van der Waals surface area contributed by atoms with Crippen molar-refractivity contribution >= 4 is 11.8 Å². The summed E-state index contributed by atoms with van der Waals surface area (Å²) in [6.45, 7) is 4.10. The van der Waals surface area contributed by atoms with Gasteiger partial charge in [-0.05, 0) is 17.9 Å². The van der Waals surface area contributed by atoms with Crippen LogP contribution in [0.5, 0.6) is 0 Å². The molecule has 0 aromatic heterocycles. The average Bonchev–Trinajstić information content (AvgIpc) is 2.34. The van der Waals surface area contributed by atoms with Gasteiger partial charge in [0.2, 0.25) is 11.8 Å². The van der Waals surface area contributed by atoms with E-state index in [0.717, 1.165) is 6.42 Å².